The number of aromatic nitrogens is 2. The lowest BCUT2D eigenvalue weighted by Gasteiger charge is -2.27. The van der Waals surface area contributed by atoms with E-state index in [2.05, 4.69) is 9.97 Å². The van der Waals surface area contributed by atoms with Crippen LogP contribution in [0.1, 0.15) is 19.3 Å². The molecule has 1 aromatic carbocycles. The molecule has 0 amide bonds. The minimum Gasteiger partial charge on any atom is -0.496 e. The molecule has 2 aromatic rings. The number of piperidine rings is 1. The molecule has 1 aliphatic heterocycles. The molecule has 0 aliphatic carbocycles. The van der Waals surface area contributed by atoms with Gasteiger partial charge in [-0.2, -0.15) is 0 Å². The molecule has 25 heavy (non-hydrogen) atoms. The van der Waals surface area contributed by atoms with Crippen LogP contribution >= 0.6 is 0 Å². The van der Waals surface area contributed by atoms with E-state index in [1.807, 2.05) is 4.90 Å². The van der Waals surface area contributed by atoms with Gasteiger partial charge in [0.05, 0.1) is 24.7 Å². The fraction of sp³-hybridized carbons (Fsp3) is 0.412. The van der Waals surface area contributed by atoms with E-state index in [1.54, 1.807) is 18.2 Å². The van der Waals surface area contributed by atoms with E-state index < -0.39 is 4.92 Å². The standard InChI is InChI=1S/C17H20N4O4/c1-24-12-7-6-8-13(25-2)14(12)15-16(21(22)23)17(19-11-18-15)20-9-4-3-5-10-20/h6-8,11H,3-5,9-10H2,1-2H3. The summed E-state index contributed by atoms with van der Waals surface area (Å²) in [7, 11) is 3.02. The smallest absolute Gasteiger partial charge is 0.337 e. The Morgan fingerprint density at radius 1 is 1.08 bits per heavy atom. The Balaban J connectivity index is 2.22. The SMILES string of the molecule is COc1cccc(OC)c1-c1ncnc(N2CCCCC2)c1[N+](=O)[O-]. The summed E-state index contributed by atoms with van der Waals surface area (Å²) in [5, 5.41) is 11.9. The summed E-state index contributed by atoms with van der Waals surface area (Å²) < 4.78 is 10.8. The summed E-state index contributed by atoms with van der Waals surface area (Å²) in [6, 6.07) is 5.22. The first kappa shape index (κ1) is 16.9. The minimum atomic E-state index is -0.425. The third-order valence-electron chi connectivity index (χ3n) is 4.31. The first-order valence-electron chi connectivity index (χ1n) is 8.13. The Labute approximate surface area is 145 Å². The van der Waals surface area contributed by atoms with Gasteiger partial charge in [-0.1, -0.05) is 6.07 Å². The molecule has 0 radical (unpaired) electrons. The molecule has 0 saturated carbocycles. The zero-order valence-corrected chi connectivity index (χ0v) is 14.3. The topological polar surface area (TPSA) is 90.6 Å². The first-order chi connectivity index (χ1) is 12.2. The molecular formula is C17H20N4O4. The van der Waals surface area contributed by atoms with Crippen LogP contribution in [0.4, 0.5) is 11.5 Å². The molecule has 1 aromatic heterocycles. The Kier molecular flexibility index (Phi) is 4.97. The van der Waals surface area contributed by atoms with Crippen LogP contribution in [0, 0.1) is 10.1 Å². The van der Waals surface area contributed by atoms with Gasteiger partial charge < -0.3 is 14.4 Å². The number of nitro groups is 1. The van der Waals surface area contributed by atoms with Crippen LogP contribution in [-0.4, -0.2) is 42.2 Å². The fourth-order valence-electron chi connectivity index (χ4n) is 3.14. The maximum Gasteiger partial charge on any atom is 0.337 e. The van der Waals surface area contributed by atoms with Gasteiger partial charge in [-0.05, 0) is 31.4 Å². The first-order valence-corrected chi connectivity index (χ1v) is 8.13. The molecule has 0 unspecified atom stereocenters. The van der Waals surface area contributed by atoms with E-state index in [-0.39, 0.29) is 11.4 Å². The van der Waals surface area contributed by atoms with Crippen molar-refractivity contribution in [2.24, 2.45) is 0 Å². The average Bonchev–Trinajstić information content (AvgIpc) is 2.67. The molecular weight excluding hydrogens is 324 g/mol. The lowest BCUT2D eigenvalue weighted by Crippen LogP contribution is -2.31. The zero-order chi connectivity index (χ0) is 17.8. The van der Waals surface area contributed by atoms with E-state index in [4.69, 9.17) is 9.47 Å². The number of methoxy groups -OCH3 is 2. The van der Waals surface area contributed by atoms with Crippen LogP contribution in [0.15, 0.2) is 24.5 Å². The van der Waals surface area contributed by atoms with Crippen LogP contribution < -0.4 is 14.4 Å². The van der Waals surface area contributed by atoms with Gasteiger partial charge in [0.25, 0.3) is 0 Å². The Hall–Kier alpha value is -2.90. The fourth-order valence-corrected chi connectivity index (χ4v) is 3.14. The third-order valence-corrected chi connectivity index (χ3v) is 4.31. The maximum absolute atomic E-state index is 11.9. The van der Waals surface area contributed by atoms with Gasteiger partial charge in [-0.15, -0.1) is 0 Å². The number of hydrogen-bond donors (Lipinski definition) is 0. The van der Waals surface area contributed by atoms with Gasteiger partial charge in [0.1, 0.15) is 17.8 Å². The monoisotopic (exact) mass is 344 g/mol. The molecule has 0 bridgehead atoms. The molecule has 3 rings (SSSR count). The molecule has 8 heteroatoms. The van der Waals surface area contributed by atoms with Crippen molar-refractivity contribution in [2.45, 2.75) is 19.3 Å². The van der Waals surface area contributed by atoms with Crippen LogP contribution in [0.5, 0.6) is 11.5 Å². The van der Waals surface area contributed by atoms with E-state index in [1.165, 1.54) is 20.5 Å². The number of ether oxygens (including phenoxy) is 2. The van der Waals surface area contributed by atoms with Crippen LogP contribution in [0.2, 0.25) is 0 Å². The van der Waals surface area contributed by atoms with Gasteiger partial charge in [-0.3, -0.25) is 10.1 Å². The summed E-state index contributed by atoms with van der Waals surface area (Å²) in [6.45, 7) is 1.50. The second kappa shape index (κ2) is 7.33. The van der Waals surface area contributed by atoms with Gasteiger partial charge in [-0.25, -0.2) is 9.97 Å². The summed E-state index contributed by atoms with van der Waals surface area (Å²) in [5.74, 6) is 1.28. The summed E-state index contributed by atoms with van der Waals surface area (Å²) >= 11 is 0. The van der Waals surface area contributed by atoms with Gasteiger partial charge in [0, 0.05) is 13.1 Å². The lowest BCUT2D eigenvalue weighted by molar-refractivity contribution is -0.383. The number of hydrogen-bond acceptors (Lipinski definition) is 7. The third kappa shape index (κ3) is 3.19. The Morgan fingerprint density at radius 3 is 2.28 bits per heavy atom. The van der Waals surface area contributed by atoms with E-state index in [0.717, 1.165) is 32.4 Å². The minimum absolute atomic E-state index is 0.118. The lowest BCUT2D eigenvalue weighted by atomic mass is 10.1. The van der Waals surface area contributed by atoms with E-state index in [0.29, 0.717) is 22.9 Å². The summed E-state index contributed by atoms with van der Waals surface area (Å²) in [6.07, 6.45) is 4.48. The maximum atomic E-state index is 11.9. The summed E-state index contributed by atoms with van der Waals surface area (Å²) in [5.41, 5.74) is 0.543. The van der Waals surface area contributed by atoms with Crippen LogP contribution in [0.3, 0.4) is 0 Å². The second-order valence-corrected chi connectivity index (χ2v) is 5.74. The van der Waals surface area contributed by atoms with Crippen molar-refractivity contribution < 1.29 is 14.4 Å². The number of nitrogens with zero attached hydrogens (tertiary/aromatic N) is 4. The summed E-state index contributed by atoms with van der Waals surface area (Å²) in [4.78, 5) is 21.8. The highest BCUT2D eigenvalue weighted by molar-refractivity contribution is 5.84. The highest BCUT2D eigenvalue weighted by Gasteiger charge is 2.31. The molecule has 0 spiro atoms. The molecule has 1 fully saturated rings. The zero-order valence-electron chi connectivity index (χ0n) is 14.3. The molecule has 2 heterocycles. The van der Waals surface area contributed by atoms with E-state index in [9.17, 15) is 10.1 Å². The van der Waals surface area contributed by atoms with E-state index >= 15 is 0 Å². The quantitative estimate of drug-likeness (QED) is 0.608. The molecule has 0 N–H and O–H groups in total. The molecule has 1 saturated heterocycles. The Bertz CT molecular complexity index is 753. The number of benzene rings is 1. The van der Waals surface area contributed by atoms with Crippen molar-refractivity contribution >= 4 is 11.5 Å². The highest BCUT2D eigenvalue weighted by Crippen LogP contribution is 2.44. The second-order valence-electron chi connectivity index (χ2n) is 5.74. The molecule has 1 aliphatic rings. The van der Waals surface area contributed by atoms with Crippen molar-refractivity contribution in [1.29, 1.82) is 0 Å². The normalized spacial score (nSPS) is 14.2. The number of rotatable bonds is 5. The predicted octanol–water partition coefficient (Wildman–Crippen LogP) is 3.06. The number of anilines is 1. The average molecular weight is 344 g/mol. The Morgan fingerprint density at radius 2 is 1.72 bits per heavy atom. The highest BCUT2D eigenvalue weighted by atomic mass is 16.6. The van der Waals surface area contributed by atoms with Crippen molar-refractivity contribution in [3.05, 3.63) is 34.6 Å². The van der Waals surface area contributed by atoms with Crippen molar-refractivity contribution in [3.63, 3.8) is 0 Å². The van der Waals surface area contributed by atoms with Crippen LogP contribution in [0.25, 0.3) is 11.3 Å². The largest absolute Gasteiger partial charge is 0.496 e. The van der Waals surface area contributed by atoms with Gasteiger partial charge in [0.2, 0.25) is 5.82 Å². The molecule has 8 nitrogen and oxygen atoms in total. The van der Waals surface area contributed by atoms with Gasteiger partial charge >= 0.3 is 5.69 Å². The van der Waals surface area contributed by atoms with Crippen molar-refractivity contribution in [3.8, 4) is 22.8 Å². The van der Waals surface area contributed by atoms with Crippen molar-refractivity contribution in [1.82, 2.24) is 9.97 Å². The molecule has 0 atom stereocenters. The predicted molar refractivity (Wildman–Crippen MR) is 93.3 cm³/mol. The van der Waals surface area contributed by atoms with Crippen molar-refractivity contribution in [2.75, 3.05) is 32.2 Å². The molecule has 132 valence electrons. The van der Waals surface area contributed by atoms with Crippen LogP contribution in [-0.2, 0) is 0 Å². The van der Waals surface area contributed by atoms with Gasteiger partial charge in [0.15, 0.2) is 5.69 Å².